The third-order valence-electron chi connectivity index (χ3n) is 8.48. The number of hydrogen-bond acceptors (Lipinski definition) is 14. The number of thioether (sulfide) groups is 1. The van der Waals surface area contributed by atoms with Gasteiger partial charge in [0, 0.05) is 75.9 Å². The first-order valence-electron chi connectivity index (χ1n) is 17.9. The molecule has 5 N–H and O–H groups in total. The number of carboxylic acid groups (broad SMARTS) is 1. The van der Waals surface area contributed by atoms with Crippen LogP contribution in [-0.4, -0.2) is 143 Å². The highest BCUT2D eigenvalue weighted by atomic mass is 32.2. The van der Waals surface area contributed by atoms with Gasteiger partial charge in [-0.1, -0.05) is 19.1 Å². The van der Waals surface area contributed by atoms with Crippen LogP contribution in [0.2, 0.25) is 0 Å². The van der Waals surface area contributed by atoms with Crippen molar-refractivity contribution in [3.63, 3.8) is 0 Å². The van der Waals surface area contributed by atoms with Crippen molar-refractivity contribution in [2.45, 2.75) is 89.7 Å². The SMILES string of the molecule is CCC(=O)N(CCNC(=O)CCCc1cn(CCC(=O)OC2[C@@H](CO)O[C@@H](n3ccc(N)nc3=O)C2(F)F)nn1)CCN(CCSCCC(=O)O)C(=O)CC. The first-order valence-corrected chi connectivity index (χ1v) is 19.0. The van der Waals surface area contributed by atoms with E-state index in [9.17, 15) is 33.9 Å². The molecular weight excluding hydrogens is 752 g/mol. The van der Waals surface area contributed by atoms with Gasteiger partial charge in [0.05, 0.1) is 31.7 Å². The number of nitrogen functional groups attached to an aromatic ring is 1. The smallest absolute Gasteiger partial charge is 0.351 e. The lowest BCUT2D eigenvalue weighted by molar-refractivity contribution is -0.176. The van der Waals surface area contributed by atoms with Crippen molar-refractivity contribution in [2.75, 3.05) is 56.6 Å². The summed E-state index contributed by atoms with van der Waals surface area (Å²) in [6, 6.07) is 1.12. The maximum Gasteiger partial charge on any atom is 0.351 e. The van der Waals surface area contributed by atoms with Gasteiger partial charge in [-0.05, 0) is 18.9 Å². The molecular formula is C33H49F2N9O10S. The Balaban J connectivity index is 1.39. The van der Waals surface area contributed by atoms with Crippen molar-refractivity contribution in [2.24, 2.45) is 0 Å². The van der Waals surface area contributed by atoms with Crippen molar-refractivity contribution >= 4 is 47.2 Å². The zero-order chi connectivity index (χ0) is 40.5. The molecule has 19 nitrogen and oxygen atoms in total. The molecule has 3 heterocycles. The normalized spacial score (nSPS) is 17.4. The van der Waals surface area contributed by atoms with Crippen LogP contribution in [0.4, 0.5) is 14.6 Å². The number of nitrogens with two attached hydrogens (primary N) is 1. The molecule has 22 heteroatoms. The Morgan fingerprint density at radius 1 is 1.05 bits per heavy atom. The minimum atomic E-state index is -3.89. The van der Waals surface area contributed by atoms with Crippen LogP contribution in [0.1, 0.15) is 64.3 Å². The number of aliphatic hydroxyl groups is 1. The lowest BCUT2D eigenvalue weighted by atomic mass is 10.1. The molecule has 0 aliphatic carbocycles. The van der Waals surface area contributed by atoms with Crippen LogP contribution < -0.4 is 16.7 Å². The van der Waals surface area contributed by atoms with E-state index in [2.05, 4.69) is 20.6 Å². The standard InChI is InChI=1S/C33H49F2N9O10S/c1-3-26(47)41(15-16-42(27(48)4-2)17-19-55-18-10-28(49)50)14-11-37-25(46)7-5-6-22-20-43(40-39-22)12-9-29(51)54-30-23(21-45)53-31(33(30,34)35)44-13-8-24(36)38-32(44)52/h8,13,20,23,30-31,45H,3-7,9-12,14-19,21H2,1-2H3,(H,37,46)(H,49,50)(H2,36,38,52)/t23-,30?,31-/m1/s1. The number of carboxylic acids is 1. The van der Waals surface area contributed by atoms with E-state index in [0.717, 1.165) is 12.3 Å². The molecule has 3 atom stereocenters. The molecule has 55 heavy (non-hydrogen) atoms. The second-order valence-electron chi connectivity index (χ2n) is 12.5. The third kappa shape index (κ3) is 13.8. The number of nitrogens with zero attached hydrogens (tertiary/aromatic N) is 7. The predicted molar refractivity (Wildman–Crippen MR) is 193 cm³/mol. The molecule has 0 radical (unpaired) electrons. The average molecular weight is 802 g/mol. The van der Waals surface area contributed by atoms with Crippen molar-refractivity contribution < 1.29 is 52.4 Å². The Kier molecular flexibility index (Phi) is 17.9. The summed E-state index contributed by atoms with van der Waals surface area (Å²) < 4.78 is 42.5. The molecule has 0 bridgehead atoms. The first-order chi connectivity index (χ1) is 26.2. The van der Waals surface area contributed by atoms with E-state index < -0.39 is 48.6 Å². The van der Waals surface area contributed by atoms with E-state index in [1.54, 1.807) is 29.8 Å². The number of nitrogens with one attached hydrogen (secondary N) is 1. The van der Waals surface area contributed by atoms with E-state index in [-0.39, 0.29) is 75.4 Å². The van der Waals surface area contributed by atoms with Gasteiger partial charge in [-0.15, -0.1) is 5.10 Å². The van der Waals surface area contributed by atoms with Gasteiger partial charge in [0.15, 0.2) is 6.10 Å². The minimum absolute atomic E-state index is 0.0408. The van der Waals surface area contributed by atoms with Gasteiger partial charge >= 0.3 is 23.6 Å². The van der Waals surface area contributed by atoms with Crippen LogP contribution in [0.15, 0.2) is 23.3 Å². The first kappa shape index (κ1) is 44.7. The number of aromatic nitrogens is 5. The number of anilines is 1. The van der Waals surface area contributed by atoms with Crippen molar-refractivity contribution in [1.29, 1.82) is 0 Å². The number of halogens is 2. The van der Waals surface area contributed by atoms with Gasteiger partial charge in [-0.3, -0.25) is 33.2 Å². The largest absolute Gasteiger partial charge is 0.481 e. The fourth-order valence-corrected chi connectivity index (χ4v) is 6.40. The van der Waals surface area contributed by atoms with E-state index in [1.807, 2.05) is 0 Å². The van der Waals surface area contributed by atoms with Crippen LogP contribution in [0.5, 0.6) is 0 Å². The van der Waals surface area contributed by atoms with E-state index in [1.165, 1.54) is 16.4 Å². The number of esters is 1. The molecule has 1 aliphatic heterocycles. The van der Waals surface area contributed by atoms with Crippen molar-refractivity contribution in [1.82, 2.24) is 39.7 Å². The number of carbonyl (C=O) groups is 5. The van der Waals surface area contributed by atoms with Crippen LogP contribution in [0, 0.1) is 0 Å². The van der Waals surface area contributed by atoms with Gasteiger partial charge in [-0.25, -0.2) is 4.79 Å². The Labute approximate surface area is 319 Å². The number of ether oxygens (including phenoxy) is 2. The van der Waals surface area contributed by atoms with Crippen molar-refractivity contribution in [3.05, 3.63) is 34.6 Å². The topological polar surface area (TPSA) is 254 Å². The number of aliphatic hydroxyl groups excluding tert-OH is 1. The summed E-state index contributed by atoms with van der Waals surface area (Å²) in [5, 5.41) is 29.1. The molecule has 1 saturated heterocycles. The minimum Gasteiger partial charge on any atom is -0.481 e. The Morgan fingerprint density at radius 3 is 2.38 bits per heavy atom. The summed E-state index contributed by atoms with van der Waals surface area (Å²) in [6.45, 7) is 4.00. The second kappa shape index (κ2) is 22.0. The zero-order valence-electron chi connectivity index (χ0n) is 30.8. The number of amides is 3. The van der Waals surface area contributed by atoms with E-state index in [0.29, 0.717) is 54.1 Å². The van der Waals surface area contributed by atoms with Gasteiger partial charge in [-0.2, -0.15) is 25.5 Å². The molecule has 1 fully saturated rings. The molecule has 3 rings (SSSR count). The molecule has 2 aromatic heterocycles. The fraction of sp³-hybridized carbons (Fsp3) is 0.667. The van der Waals surface area contributed by atoms with Crippen molar-refractivity contribution in [3.8, 4) is 0 Å². The highest BCUT2D eigenvalue weighted by Gasteiger charge is 2.62. The summed E-state index contributed by atoms with van der Waals surface area (Å²) in [5.74, 6) is -5.40. The number of carbonyl (C=O) groups excluding carboxylic acids is 4. The predicted octanol–water partition coefficient (Wildman–Crippen LogP) is 0.0681. The maximum atomic E-state index is 15.3. The maximum absolute atomic E-state index is 15.3. The molecule has 3 amide bonds. The van der Waals surface area contributed by atoms with E-state index >= 15 is 8.78 Å². The molecule has 0 aromatic carbocycles. The Bertz CT molecular complexity index is 1660. The second-order valence-corrected chi connectivity index (χ2v) is 13.7. The number of aliphatic carboxylic acids is 1. The molecule has 1 unspecified atom stereocenters. The van der Waals surface area contributed by atoms with Gasteiger partial charge in [0.25, 0.3) is 0 Å². The van der Waals surface area contributed by atoms with Crippen LogP contribution in [0.25, 0.3) is 0 Å². The van der Waals surface area contributed by atoms with Crippen LogP contribution >= 0.6 is 11.8 Å². The molecule has 306 valence electrons. The van der Waals surface area contributed by atoms with E-state index in [4.69, 9.17) is 20.3 Å². The number of alkyl halides is 2. The van der Waals surface area contributed by atoms with Crippen LogP contribution in [0.3, 0.4) is 0 Å². The zero-order valence-corrected chi connectivity index (χ0v) is 31.6. The Hall–Kier alpha value is -4.70. The monoisotopic (exact) mass is 801 g/mol. The number of aryl methyl sites for hydroxylation is 2. The number of hydrogen-bond donors (Lipinski definition) is 4. The summed E-state index contributed by atoms with van der Waals surface area (Å²) >= 11 is 1.44. The average Bonchev–Trinajstić information content (AvgIpc) is 3.70. The summed E-state index contributed by atoms with van der Waals surface area (Å²) in [6.07, 6.45) is -2.32. The van der Waals surface area contributed by atoms with Crippen LogP contribution in [-0.2, 0) is 46.4 Å². The lowest BCUT2D eigenvalue weighted by Gasteiger charge is -2.28. The number of rotatable bonds is 24. The highest BCUT2D eigenvalue weighted by molar-refractivity contribution is 7.99. The highest BCUT2D eigenvalue weighted by Crippen LogP contribution is 2.44. The third-order valence-corrected chi connectivity index (χ3v) is 9.44. The van der Waals surface area contributed by atoms with Gasteiger partial charge < -0.3 is 40.5 Å². The quantitative estimate of drug-likeness (QED) is 0.0810. The molecule has 1 aliphatic rings. The molecule has 2 aromatic rings. The van der Waals surface area contributed by atoms with Gasteiger partial charge in [0.2, 0.25) is 23.9 Å². The summed E-state index contributed by atoms with van der Waals surface area (Å²) in [5.41, 5.74) is 4.84. The Morgan fingerprint density at radius 2 is 1.75 bits per heavy atom. The fourth-order valence-electron chi connectivity index (χ4n) is 5.53. The van der Waals surface area contributed by atoms with Gasteiger partial charge in [0.1, 0.15) is 11.9 Å². The summed E-state index contributed by atoms with van der Waals surface area (Å²) in [4.78, 5) is 79.6. The summed E-state index contributed by atoms with van der Waals surface area (Å²) in [7, 11) is 0. The lowest BCUT2D eigenvalue weighted by Crippen LogP contribution is -2.44. The molecule has 0 spiro atoms. The molecule has 0 saturated carbocycles.